The lowest BCUT2D eigenvalue weighted by Gasteiger charge is -2.77. The highest BCUT2D eigenvalue weighted by molar-refractivity contribution is 6.51. The number of hydrogen-bond donors (Lipinski definition) is 0. The summed E-state index contributed by atoms with van der Waals surface area (Å²) in [6.07, 6.45) is 9.16. The molecule has 0 spiro atoms. The molecule has 2 heterocycles. The van der Waals surface area contributed by atoms with Crippen molar-refractivity contribution in [1.29, 1.82) is 0 Å². The molecule has 122 valence electrons. The van der Waals surface area contributed by atoms with E-state index < -0.39 is 0 Å². The average molecular weight is 311 g/mol. The second-order valence-corrected chi connectivity index (χ2v) is 9.39. The van der Waals surface area contributed by atoms with Crippen LogP contribution in [0.15, 0.2) is 24.5 Å². The van der Waals surface area contributed by atoms with E-state index in [-0.39, 0.29) is 23.6 Å². The third kappa shape index (κ3) is 1.62. The Morgan fingerprint density at radius 2 is 1.74 bits per heavy atom. The first kappa shape index (κ1) is 14.5. The lowest BCUT2D eigenvalue weighted by molar-refractivity contribution is -0.136. The summed E-state index contributed by atoms with van der Waals surface area (Å²) in [4.78, 5) is 4.38. The fourth-order valence-corrected chi connectivity index (χ4v) is 5.63. The van der Waals surface area contributed by atoms with Crippen LogP contribution in [0.2, 0.25) is 5.31 Å². The summed E-state index contributed by atoms with van der Waals surface area (Å²) in [5.41, 5.74) is 1.36. The quantitative estimate of drug-likeness (QED) is 0.791. The molecule has 2 bridgehead atoms. The fourth-order valence-electron chi connectivity index (χ4n) is 5.63. The van der Waals surface area contributed by atoms with Crippen molar-refractivity contribution in [1.82, 2.24) is 4.98 Å². The lowest BCUT2D eigenvalue weighted by Crippen LogP contribution is -2.74. The van der Waals surface area contributed by atoms with Crippen molar-refractivity contribution in [2.45, 2.75) is 75.3 Å². The summed E-state index contributed by atoms with van der Waals surface area (Å²) >= 11 is 0. The van der Waals surface area contributed by atoms with E-state index in [1.54, 1.807) is 0 Å². The van der Waals surface area contributed by atoms with Gasteiger partial charge in [-0.1, -0.05) is 6.07 Å². The van der Waals surface area contributed by atoms with Gasteiger partial charge in [0.15, 0.2) is 0 Å². The minimum atomic E-state index is -0.220. The Balaban J connectivity index is 1.46. The number of aromatic nitrogens is 1. The highest BCUT2D eigenvalue weighted by Gasteiger charge is 2.84. The van der Waals surface area contributed by atoms with Crippen LogP contribution in [0.1, 0.15) is 58.9 Å². The predicted octanol–water partition coefficient (Wildman–Crippen LogP) is 3.99. The monoisotopic (exact) mass is 311 g/mol. The molecule has 0 aromatic carbocycles. The van der Waals surface area contributed by atoms with Gasteiger partial charge in [0.05, 0.1) is 11.2 Å². The molecule has 0 amide bonds. The SMILES string of the molecule is CC1(C)OB(C23CC(c4cccnc4)(C2)C3C2CC2)OC1(C)C. The van der Waals surface area contributed by atoms with Crippen molar-refractivity contribution in [3.8, 4) is 0 Å². The van der Waals surface area contributed by atoms with Gasteiger partial charge in [0, 0.05) is 23.1 Å². The van der Waals surface area contributed by atoms with Gasteiger partial charge in [0.1, 0.15) is 0 Å². The minimum Gasteiger partial charge on any atom is -0.403 e. The van der Waals surface area contributed by atoms with Crippen LogP contribution >= 0.6 is 0 Å². The Labute approximate surface area is 139 Å². The lowest BCUT2D eigenvalue weighted by atomic mass is 9.17. The van der Waals surface area contributed by atoms with Crippen molar-refractivity contribution < 1.29 is 9.31 Å². The number of pyridine rings is 1. The maximum absolute atomic E-state index is 6.46. The van der Waals surface area contributed by atoms with Gasteiger partial charge in [-0.15, -0.1) is 0 Å². The first-order valence-corrected chi connectivity index (χ1v) is 9.07. The van der Waals surface area contributed by atoms with Gasteiger partial charge in [-0.2, -0.15) is 0 Å². The largest absolute Gasteiger partial charge is 0.464 e. The molecule has 4 heteroatoms. The zero-order valence-electron chi connectivity index (χ0n) is 14.6. The molecule has 0 N–H and O–H groups in total. The number of hydrogen-bond acceptors (Lipinski definition) is 3. The summed E-state index contributed by atoms with van der Waals surface area (Å²) < 4.78 is 12.9. The van der Waals surface area contributed by atoms with E-state index in [1.807, 2.05) is 6.20 Å². The van der Waals surface area contributed by atoms with Crippen LogP contribution in [0, 0.1) is 11.8 Å². The zero-order valence-corrected chi connectivity index (χ0v) is 14.6. The fraction of sp³-hybridized carbons (Fsp3) is 0.737. The molecule has 1 aliphatic heterocycles. The van der Waals surface area contributed by atoms with Gasteiger partial charge < -0.3 is 9.31 Å². The maximum atomic E-state index is 6.46. The van der Waals surface area contributed by atoms with Crippen LogP contribution in [0.4, 0.5) is 0 Å². The molecule has 1 aromatic rings. The van der Waals surface area contributed by atoms with Crippen molar-refractivity contribution in [3.05, 3.63) is 30.1 Å². The van der Waals surface area contributed by atoms with Crippen LogP contribution < -0.4 is 0 Å². The molecular formula is C19H26BNO2. The molecule has 1 unspecified atom stereocenters. The molecule has 5 aliphatic rings. The standard InChI is InChI=1S/C19H26BNO2/c1-16(2)17(3,4)23-20(22-16)19-11-18(12-19,15(19)13-7-8-13)14-6-5-9-21-10-14/h5-6,9-10,13,15H,7-8,11-12H2,1-4H3. The van der Waals surface area contributed by atoms with Gasteiger partial charge in [0.2, 0.25) is 0 Å². The van der Waals surface area contributed by atoms with Crippen LogP contribution in [-0.2, 0) is 14.7 Å². The van der Waals surface area contributed by atoms with Gasteiger partial charge in [-0.3, -0.25) is 4.98 Å². The minimum absolute atomic E-state index is 0.0309. The Kier molecular flexibility index (Phi) is 2.53. The summed E-state index contributed by atoms with van der Waals surface area (Å²) in [6.45, 7) is 8.67. The highest BCUT2D eigenvalue weighted by Crippen LogP contribution is 2.87. The molecule has 23 heavy (non-hydrogen) atoms. The number of nitrogens with zero attached hydrogens (tertiary/aromatic N) is 1. The summed E-state index contributed by atoms with van der Waals surface area (Å²) in [5, 5.41) is 0.252. The Morgan fingerprint density at radius 3 is 2.26 bits per heavy atom. The normalized spacial score (nSPS) is 43.0. The van der Waals surface area contributed by atoms with Crippen molar-refractivity contribution >= 4 is 7.12 Å². The summed E-state index contributed by atoms with van der Waals surface area (Å²) in [7, 11) is -0.0309. The molecular weight excluding hydrogens is 285 g/mol. The predicted molar refractivity (Wildman–Crippen MR) is 90.1 cm³/mol. The molecule has 1 atom stereocenters. The first-order chi connectivity index (χ1) is 10.8. The van der Waals surface area contributed by atoms with E-state index in [1.165, 1.54) is 31.2 Å². The molecule has 6 rings (SSSR count). The average Bonchev–Trinajstić information content (AvgIpc) is 3.16. The molecule has 4 aliphatic carbocycles. The van der Waals surface area contributed by atoms with Gasteiger partial charge in [0.25, 0.3) is 0 Å². The summed E-state index contributed by atoms with van der Waals surface area (Å²) in [6, 6.07) is 4.36. The second-order valence-electron chi connectivity index (χ2n) is 9.39. The number of rotatable bonds is 3. The smallest absolute Gasteiger partial charge is 0.403 e. The van der Waals surface area contributed by atoms with Gasteiger partial charge >= 0.3 is 7.12 Å². The van der Waals surface area contributed by atoms with E-state index in [4.69, 9.17) is 9.31 Å². The Morgan fingerprint density at radius 1 is 1.09 bits per heavy atom. The van der Waals surface area contributed by atoms with Crippen LogP contribution in [0.5, 0.6) is 0 Å². The van der Waals surface area contributed by atoms with E-state index >= 15 is 0 Å². The zero-order chi connectivity index (χ0) is 16.1. The topological polar surface area (TPSA) is 31.4 Å². The van der Waals surface area contributed by atoms with Gasteiger partial charge in [-0.05, 0) is 76.8 Å². The summed E-state index contributed by atoms with van der Waals surface area (Å²) in [5.74, 6) is 1.60. The molecule has 4 saturated carbocycles. The molecule has 5 fully saturated rings. The van der Waals surface area contributed by atoms with E-state index in [9.17, 15) is 0 Å². The Hall–Kier alpha value is -0.865. The van der Waals surface area contributed by atoms with E-state index in [2.05, 4.69) is 51.0 Å². The third-order valence-corrected chi connectivity index (χ3v) is 7.56. The highest BCUT2D eigenvalue weighted by atomic mass is 16.7. The van der Waals surface area contributed by atoms with Crippen LogP contribution in [-0.4, -0.2) is 23.3 Å². The van der Waals surface area contributed by atoms with Gasteiger partial charge in [-0.25, -0.2) is 0 Å². The molecule has 1 aromatic heterocycles. The van der Waals surface area contributed by atoms with Crippen LogP contribution in [0.25, 0.3) is 0 Å². The van der Waals surface area contributed by atoms with E-state index in [0.29, 0.717) is 5.41 Å². The van der Waals surface area contributed by atoms with Crippen LogP contribution in [0.3, 0.4) is 0 Å². The Bertz CT molecular complexity index is 631. The maximum Gasteiger partial charge on any atom is 0.464 e. The van der Waals surface area contributed by atoms with Crippen molar-refractivity contribution in [2.75, 3.05) is 0 Å². The molecule has 0 radical (unpaired) electrons. The van der Waals surface area contributed by atoms with Crippen molar-refractivity contribution in [2.24, 2.45) is 11.8 Å². The third-order valence-electron chi connectivity index (χ3n) is 7.56. The van der Waals surface area contributed by atoms with E-state index in [0.717, 1.165) is 11.8 Å². The van der Waals surface area contributed by atoms with Crippen molar-refractivity contribution in [3.63, 3.8) is 0 Å². The second kappa shape index (κ2) is 4.03. The first-order valence-electron chi connectivity index (χ1n) is 9.07. The molecule has 1 saturated heterocycles. The molecule has 3 nitrogen and oxygen atoms in total.